The molecule has 0 bridgehead atoms. The van der Waals surface area contributed by atoms with E-state index in [0.29, 0.717) is 0 Å². The van der Waals surface area contributed by atoms with Gasteiger partial charge in [0.05, 0.1) is 13.0 Å². The number of hydrogen-bond acceptors (Lipinski definition) is 3. The van der Waals surface area contributed by atoms with E-state index in [1.54, 1.807) is 11.8 Å². The van der Waals surface area contributed by atoms with E-state index in [1.165, 1.54) is 0 Å². The predicted molar refractivity (Wildman–Crippen MR) is 90.0 cm³/mol. The van der Waals surface area contributed by atoms with Gasteiger partial charge in [0.1, 0.15) is 0 Å². The molecule has 0 aliphatic heterocycles. The standard InChI is InChI=1S/C17H18N2O2S/c1-22-15-9-7-14(8-10-15)19-17(21)12-18-16(20)11-13-5-3-2-4-6-13/h2-10H,11-12H2,1H3,(H,18,20)(H,19,21). The summed E-state index contributed by atoms with van der Waals surface area (Å²) in [5.41, 5.74) is 1.65. The maximum absolute atomic E-state index is 11.8. The van der Waals surface area contributed by atoms with Crippen molar-refractivity contribution in [2.24, 2.45) is 0 Å². The van der Waals surface area contributed by atoms with E-state index in [-0.39, 0.29) is 24.8 Å². The van der Waals surface area contributed by atoms with E-state index in [1.807, 2.05) is 60.9 Å². The second-order valence-electron chi connectivity index (χ2n) is 4.72. The number of benzene rings is 2. The summed E-state index contributed by atoms with van der Waals surface area (Å²) in [4.78, 5) is 24.7. The molecule has 0 aliphatic rings. The number of hydrogen-bond donors (Lipinski definition) is 2. The molecule has 0 unspecified atom stereocenters. The smallest absolute Gasteiger partial charge is 0.243 e. The quantitative estimate of drug-likeness (QED) is 0.806. The Balaban J connectivity index is 1.76. The van der Waals surface area contributed by atoms with Gasteiger partial charge in [0.2, 0.25) is 11.8 Å². The van der Waals surface area contributed by atoms with Gasteiger partial charge >= 0.3 is 0 Å². The normalized spacial score (nSPS) is 10.0. The number of thioether (sulfide) groups is 1. The maximum Gasteiger partial charge on any atom is 0.243 e. The van der Waals surface area contributed by atoms with E-state index in [2.05, 4.69) is 10.6 Å². The summed E-state index contributed by atoms with van der Waals surface area (Å²) in [6.07, 6.45) is 2.27. The minimum Gasteiger partial charge on any atom is -0.347 e. The molecule has 0 radical (unpaired) electrons. The first-order valence-corrected chi connectivity index (χ1v) is 8.14. The first-order chi connectivity index (χ1) is 10.7. The Hall–Kier alpha value is -2.27. The number of amides is 2. The summed E-state index contributed by atoms with van der Waals surface area (Å²) in [5, 5.41) is 5.37. The van der Waals surface area contributed by atoms with Crippen molar-refractivity contribution in [3.63, 3.8) is 0 Å². The van der Waals surface area contributed by atoms with Crippen LogP contribution in [0.15, 0.2) is 59.5 Å². The van der Waals surface area contributed by atoms with Gasteiger partial charge < -0.3 is 10.6 Å². The molecule has 2 aromatic rings. The van der Waals surface area contributed by atoms with Gasteiger partial charge in [-0.2, -0.15) is 0 Å². The van der Waals surface area contributed by atoms with Crippen molar-refractivity contribution in [3.05, 3.63) is 60.2 Å². The van der Waals surface area contributed by atoms with E-state index in [4.69, 9.17) is 0 Å². The van der Waals surface area contributed by atoms with Gasteiger partial charge in [0.25, 0.3) is 0 Å². The molecule has 2 aromatic carbocycles. The summed E-state index contributed by atoms with van der Waals surface area (Å²) >= 11 is 1.64. The second kappa shape index (κ2) is 8.24. The fraction of sp³-hybridized carbons (Fsp3) is 0.176. The van der Waals surface area contributed by atoms with Crippen molar-refractivity contribution in [2.75, 3.05) is 18.1 Å². The highest BCUT2D eigenvalue weighted by Crippen LogP contribution is 2.17. The molecule has 2 amide bonds. The van der Waals surface area contributed by atoms with Crippen LogP contribution >= 0.6 is 11.8 Å². The zero-order valence-electron chi connectivity index (χ0n) is 12.3. The molecule has 0 spiro atoms. The molecule has 114 valence electrons. The summed E-state index contributed by atoms with van der Waals surface area (Å²) in [7, 11) is 0. The number of nitrogens with one attached hydrogen (secondary N) is 2. The molecular weight excluding hydrogens is 296 g/mol. The van der Waals surface area contributed by atoms with E-state index in [0.717, 1.165) is 16.1 Å². The molecule has 0 saturated carbocycles. The third kappa shape index (κ3) is 5.26. The van der Waals surface area contributed by atoms with Crippen LogP contribution in [0.4, 0.5) is 5.69 Å². The summed E-state index contributed by atoms with van der Waals surface area (Å²) < 4.78 is 0. The van der Waals surface area contributed by atoms with Crippen LogP contribution in [0.1, 0.15) is 5.56 Å². The van der Waals surface area contributed by atoms with Crippen molar-refractivity contribution < 1.29 is 9.59 Å². The molecule has 0 fully saturated rings. The van der Waals surface area contributed by atoms with Crippen molar-refractivity contribution in [2.45, 2.75) is 11.3 Å². The van der Waals surface area contributed by atoms with Gasteiger partial charge in [-0.3, -0.25) is 9.59 Å². The zero-order chi connectivity index (χ0) is 15.8. The van der Waals surface area contributed by atoms with Gasteiger partial charge in [-0.15, -0.1) is 11.8 Å². The number of anilines is 1. The SMILES string of the molecule is CSc1ccc(NC(=O)CNC(=O)Cc2ccccc2)cc1. The lowest BCUT2D eigenvalue weighted by Crippen LogP contribution is -2.33. The van der Waals surface area contributed by atoms with Crippen molar-refractivity contribution in [1.82, 2.24) is 5.32 Å². The molecule has 2 rings (SSSR count). The largest absolute Gasteiger partial charge is 0.347 e. The Kier molecular flexibility index (Phi) is 6.03. The van der Waals surface area contributed by atoms with Crippen LogP contribution in [-0.2, 0) is 16.0 Å². The highest BCUT2D eigenvalue weighted by molar-refractivity contribution is 7.98. The van der Waals surface area contributed by atoms with Gasteiger partial charge in [0.15, 0.2) is 0 Å². The van der Waals surface area contributed by atoms with Crippen LogP contribution in [0.3, 0.4) is 0 Å². The molecule has 0 saturated heterocycles. The Morgan fingerprint density at radius 3 is 2.27 bits per heavy atom. The fourth-order valence-electron chi connectivity index (χ4n) is 1.90. The average molecular weight is 314 g/mol. The highest BCUT2D eigenvalue weighted by atomic mass is 32.2. The zero-order valence-corrected chi connectivity index (χ0v) is 13.2. The molecule has 4 nitrogen and oxygen atoms in total. The first kappa shape index (κ1) is 16.1. The second-order valence-corrected chi connectivity index (χ2v) is 5.60. The molecule has 5 heteroatoms. The summed E-state index contributed by atoms with van der Waals surface area (Å²) in [6.45, 7) is -0.0318. The lowest BCUT2D eigenvalue weighted by atomic mass is 10.1. The molecule has 0 aliphatic carbocycles. The Labute approximate surface area is 134 Å². The van der Waals surface area contributed by atoms with Crippen LogP contribution in [0, 0.1) is 0 Å². The predicted octanol–water partition coefficient (Wildman–Crippen LogP) is 2.71. The molecule has 0 heterocycles. The number of carbonyl (C=O) groups excluding carboxylic acids is 2. The molecule has 22 heavy (non-hydrogen) atoms. The minimum absolute atomic E-state index is 0.0318. The summed E-state index contributed by atoms with van der Waals surface area (Å²) in [6, 6.07) is 17.0. The topological polar surface area (TPSA) is 58.2 Å². The van der Waals surface area contributed by atoms with E-state index < -0.39 is 0 Å². The van der Waals surface area contributed by atoms with E-state index in [9.17, 15) is 9.59 Å². The van der Waals surface area contributed by atoms with Gasteiger partial charge in [-0.1, -0.05) is 30.3 Å². The molecule has 2 N–H and O–H groups in total. The maximum atomic E-state index is 11.8. The highest BCUT2D eigenvalue weighted by Gasteiger charge is 2.06. The van der Waals surface area contributed by atoms with Crippen LogP contribution in [0.2, 0.25) is 0 Å². The van der Waals surface area contributed by atoms with Gasteiger partial charge in [-0.25, -0.2) is 0 Å². The van der Waals surface area contributed by atoms with Crippen LogP contribution in [-0.4, -0.2) is 24.6 Å². The minimum atomic E-state index is -0.238. The van der Waals surface area contributed by atoms with Crippen LogP contribution in [0.25, 0.3) is 0 Å². The molecular formula is C17H18N2O2S. The van der Waals surface area contributed by atoms with Crippen LogP contribution < -0.4 is 10.6 Å². The van der Waals surface area contributed by atoms with Crippen molar-refractivity contribution in [3.8, 4) is 0 Å². The third-order valence-electron chi connectivity index (χ3n) is 3.03. The Morgan fingerprint density at radius 2 is 1.64 bits per heavy atom. The number of rotatable bonds is 6. The van der Waals surface area contributed by atoms with Gasteiger partial charge in [-0.05, 0) is 36.1 Å². The molecule has 0 atom stereocenters. The summed E-state index contributed by atoms with van der Waals surface area (Å²) in [5.74, 6) is -0.405. The Bertz CT molecular complexity index is 627. The Morgan fingerprint density at radius 1 is 0.955 bits per heavy atom. The lowest BCUT2D eigenvalue weighted by Gasteiger charge is -2.07. The fourth-order valence-corrected chi connectivity index (χ4v) is 2.31. The van der Waals surface area contributed by atoms with Crippen molar-refractivity contribution >= 4 is 29.3 Å². The van der Waals surface area contributed by atoms with Crippen molar-refractivity contribution in [1.29, 1.82) is 0 Å². The van der Waals surface area contributed by atoms with Gasteiger partial charge in [0, 0.05) is 10.6 Å². The third-order valence-corrected chi connectivity index (χ3v) is 3.77. The van der Waals surface area contributed by atoms with E-state index >= 15 is 0 Å². The molecule has 0 aromatic heterocycles. The van der Waals surface area contributed by atoms with Crippen LogP contribution in [0.5, 0.6) is 0 Å². The monoisotopic (exact) mass is 314 g/mol. The first-order valence-electron chi connectivity index (χ1n) is 6.92. The lowest BCUT2D eigenvalue weighted by molar-refractivity contribution is -0.123. The average Bonchev–Trinajstić information content (AvgIpc) is 2.55. The number of carbonyl (C=O) groups is 2.